The Hall–Kier alpha value is -1.71. The van der Waals surface area contributed by atoms with Crippen LogP contribution >= 0.6 is 15.9 Å². The molecule has 1 heterocycles. The van der Waals surface area contributed by atoms with Crippen LogP contribution in [0.5, 0.6) is 0 Å². The maximum Gasteiger partial charge on any atom is 0.0856 e. The summed E-state index contributed by atoms with van der Waals surface area (Å²) < 4.78 is 0.971. The summed E-state index contributed by atoms with van der Waals surface area (Å²) in [7, 11) is 0. The van der Waals surface area contributed by atoms with Crippen molar-refractivity contribution in [3.8, 4) is 0 Å². The van der Waals surface area contributed by atoms with E-state index in [0.717, 1.165) is 32.2 Å². The first-order chi connectivity index (χ1) is 10.1. The molecule has 0 fully saturated rings. The lowest BCUT2D eigenvalue weighted by atomic mass is 10.0. The van der Waals surface area contributed by atoms with Crippen LogP contribution < -0.4 is 0 Å². The molecule has 0 aliphatic carbocycles. The van der Waals surface area contributed by atoms with Crippen molar-refractivity contribution in [1.29, 1.82) is 0 Å². The van der Waals surface area contributed by atoms with Gasteiger partial charge in [-0.3, -0.25) is 4.98 Å². The molecule has 0 amide bonds. The predicted octanol–water partition coefficient (Wildman–Crippen LogP) is 4.58. The Morgan fingerprint density at radius 3 is 2.71 bits per heavy atom. The molecule has 0 radical (unpaired) electrons. The SMILES string of the molecule is Cc1cccc(C(O)Cc2ccc3ccccc3n2)c1Br. The van der Waals surface area contributed by atoms with Gasteiger partial charge in [-0.15, -0.1) is 0 Å². The van der Waals surface area contributed by atoms with Gasteiger partial charge in [-0.1, -0.05) is 58.4 Å². The summed E-state index contributed by atoms with van der Waals surface area (Å²) in [5.74, 6) is 0. The number of nitrogens with zero attached hydrogens (tertiary/aromatic N) is 1. The number of aliphatic hydroxyl groups excluding tert-OH is 1. The average molecular weight is 342 g/mol. The van der Waals surface area contributed by atoms with E-state index in [9.17, 15) is 5.11 Å². The van der Waals surface area contributed by atoms with Crippen LogP contribution in [0.15, 0.2) is 59.1 Å². The van der Waals surface area contributed by atoms with E-state index in [4.69, 9.17) is 0 Å². The number of aromatic nitrogens is 1. The summed E-state index contributed by atoms with van der Waals surface area (Å²) in [6.45, 7) is 2.02. The molecule has 0 spiro atoms. The third kappa shape index (κ3) is 2.99. The number of para-hydroxylation sites is 1. The molecule has 0 saturated carbocycles. The zero-order valence-electron chi connectivity index (χ0n) is 11.8. The maximum atomic E-state index is 10.5. The van der Waals surface area contributed by atoms with E-state index >= 15 is 0 Å². The number of hydrogen-bond donors (Lipinski definition) is 1. The smallest absolute Gasteiger partial charge is 0.0856 e. The first kappa shape index (κ1) is 14.2. The highest BCUT2D eigenvalue weighted by atomic mass is 79.9. The summed E-state index contributed by atoms with van der Waals surface area (Å²) in [6.07, 6.45) is -0.0553. The molecule has 0 aliphatic rings. The van der Waals surface area contributed by atoms with Crippen LogP contribution in [0, 0.1) is 6.92 Å². The summed E-state index contributed by atoms with van der Waals surface area (Å²) in [4.78, 5) is 4.62. The van der Waals surface area contributed by atoms with Crippen LogP contribution in [0.1, 0.15) is 22.9 Å². The Morgan fingerprint density at radius 1 is 1.05 bits per heavy atom. The van der Waals surface area contributed by atoms with Crippen molar-refractivity contribution < 1.29 is 5.11 Å². The van der Waals surface area contributed by atoms with Gasteiger partial charge in [0.25, 0.3) is 0 Å². The minimum atomic E-state index is -0.562. The number of hydrogen-bond acceptors (Lipinski definition) is 2. The molecular weight excluding hydrogens is 326 g/mol. The second kappa shape index (κ2) is 5.96. The highest BCUT2D eigenvalue weighted by molar-refractivity contribution is 9.10. The lowest BCUT2D eigenvalue weighted by Crippen LogP contribution is -2.05. The fraction of sp³-hybridized carbons (Fsp3) is 0.167. The van der Waals surface area contributed by atoms with Gasteiger partial charge < -0.3 is 5.11 Å². The summed E-state index contributed by atoms with van der Waals surface area (Å²) in [5.41, 5.74) is 3.89. The highest BCUT2D eigenvalue weighted by Gasteiger charge is 2.14. The van der Waals surface area contributed by atoms with Gasteiger partial charge in [0.2, 0.25) is 0 Å². The van der Waals surface area contributed by atoms with Gasteiger partial charge in [0.15, 0.2) is 0 Å². The number of rotatable bonds is 3. The van der Waals surface area contributed by atoms with E-state index in [1.807, 2.05) is 55.5 Å². The van der Waals surface area contributed by atoms with E-state index in [2.05, 4.69) is 27.0 Å². The second-order valence-corrected chi connectivity index (χ2v) is 5.99. The van der Waals surface area contributed by atoms with Crippen molar-refractivity contribution >= 4 is 26.8 Å². The van der Waals surface area contributed by atoms with Crippen molar-refractivity contribution in [2.75, 3.05) is 0 Å². The molecule has 2 aromatic carbocycles. The lowest BCUT2D eigenvalue weighted by molar-refractivity contribution is 0.176. The number of benzene rings is 2. The first-order valence-corrected chi connectivity index (χ1v) is 7.72. The Kier molecular flexibility index (Phi) is 4.04. The van der Waals surface area contributed by atoms with E-state index in [1.54, 1.807) is 0 Å². The van der Waals surface area contributed by atoms with Crippen molar-refractivity contribution in [2.24, 2.45) is 0 Å². The van der Waals surface area contributed by atoms with Gasteiger partial charge in [0, 0.05) is 22.0 Å². The summed E-state index contributed by atoms with van der Waals surface area (Å²) in [6, 6.07) is 18.0. The molecular formula is C18H16BrNO. The maximum absolute atomic E-state index is 10.5. The average Bonchev–Trinajstić information content (AvgIpc) is 2.50. The zero-order chi connectivity index (χ0) is 14.8. The molecule has 0 aliphatic heterocycles. The molecule has 1 unspecified atom stereocenters. The quantitative estimate of drug-likeness (QED) is 0.756. The lowest BCUT2D eigenvalue weighted by Gasteiger charge is -2.14. The summed E-state index contributed by atoms with van der Waals surface area (Å²) in [5, 5.41) is 11.6. The molecule has 1 atom stereocenters. The van der Waals surface area contributed by atoms with Gasteiger partial charge in [-0.25, -0.2) is 0 Å². The third-order valence-electron chi connectivity index (χ3n) is 3.64. The minimum absolute atomic E-state index is 0.507. The normalized spacial score (nSPS) is 12.5. The highest BCUT2D eigenvalue weighted by Crippen LogP contribution is 2.28. The Balaban J connectivity index is 1.89. The first-order valence-electron chi connectivity index (χ1n) is 6.93. The molecule has 1 N–H and O–H groups in total. The van der Waals surface area contributed by atoms with Crippen LogP contribution in [-0.2, 0) is 6.42 Å². The van der Waals surface area contributed by atoms with Crippen molar-refractivity contribution in [3.63, 3.8) is 0 Å². The van der Waals surface area contributed by atoms with E-state index in [1.165, 1.54) is 0 Å². The van der Waals surface area contributed by atoms with E-state index < -0.39 is 6.10 Å². The van der Waals surface area contributed by atoms with Gasteiger partial charge in [-0.05, 0) is 30.2 Å². The molecule has 0 saturated heterocycles. The molecule has 0 bridgehead atoms. The van der Waals surface area contributed by atoms with E-state index in [-0.39, 0.29) is 0 Å². The molecule has 3 rings (SSSR count). The molecule has 21 heavy (non-hydrogen) atoms. The number of fused-ring (bicyclic) bond motifs is 1. The predicted molar refractivity (Wildman–Crippen MR) is 89.3 cm³/mol. The molecule has 1 aromatic heterocycles. The van der Waals surface area contributed by atoms with Crippen molar-refractivity contribution in [3.05, 3.63) is 75.9 Å². The van der Waals surface area contributed by atoms with Crippen LogP contribution in [0.2, 0.25) is 0 Å². The Morgan fingerprint density at radius 2 is 1.86 bits per heavy atom. The molecule has 3 heteroatoms. The molecule has 3 aromatic rings. The molecule has 2 nitrogen and oxygen atoms in total. The van der Waals surface area contributed by atoms with Crippen LogP contribution in [0.25, 0.3) is 10.9 Å². The zero-order valence-corrected chi connectivity index (χ0v) is 13.3. The van der Waals surface area contributed by atoms with Gasteiger partial charge in [0.05, 0.1) is 11.6 Å². The minimum Gasteiger partial charge on any atom is -0.388 e. The standard InChI is InChI=1S/C18H16BrNO/c1-12-5-4-7-15(18(12)19)17(21)11-14-10-9-13-6-2-3-8-16(13)20-14/h2-10,17,21H,11H2,1H3. The van der Waals surface area contributed by atoms with Crippen LogP contribution in [0.4, 0.5) is 0 Å². The summed E-state index contributed by atoms with van der Waals surface area (Å²) >= 11 is 3.55. The number of pyridine rings is 1. The third-order valence-corrected chi connectivity index (χ3v) is 4.72. The van der Waals surface area contributed by atoms with Crippen molar-refractivity contribution in [1.82, 2.24) is 4.98 Å². The number of halogens is 1. The largest absolute Gasteiger partial charge is 0.388 e. The Labute approximate surface area is 132 Å². The van der Waals surface area contributed by atoms with E-state index in [0.29, 0.717) is 6.42 Å². The van der Waals surface area contributed by atoms with Gasteiger partial charge >= 0.3 is 0 Å². The topological polar surface area (TPSA) is 33.1 Å². The van der Waals surface area contributed by atoms with Gasteiger partial charge in [0.1, 0.15) is 0 Å². The molecule has 106 valence electrons. The second-order valence-electron chi connectivity index (χ2n) is 5.19. The monoisotopic (exact) mass is 341 g/mol. The van der Waals surface area contributed by atoms with Crippen LogP contribution in [0.3, 0.4) is 0 Å². The van der Waals surface area contributed by atoms with Crippen molar-refractivity contribution in [2.45, 2.75) is 19.4 Å². The fourth-order valence-electron chi connectivity index (χ4n) is 2.46. The Bertz CT molecular complexity index is 785. The fourth-order valence-corrected chi connectivity index (χ4v) is 2.99. The van der Waals surface area contributed by atoms with Crippen LogP contribution in [-0.4, -0.2) is 10.1 Å². The number of aryl methyl sites for hydroxylation is 1. The number of aliphatic hydroxyl groups is 1. The van der Waals surface area contributed by atoms with Gasteiger partial charge in [-0.2, -0.15) is 0 Å².